The number of aryl methyl sites for hydroxylation is 2. The first kappa shape index (κ1) is 17.1. The molecule has 1 heterocycles. The molecule has 1 aromatic heterocycles. The molecule has 1 atom stereocenters. The van der Waals surface area contributed by atoms with E-state index in [2.05, 4.69) is 10.3 Å². The zero-order chi connectivity index (χ0) is 17.0. The van der Waals surface area contributed by atoms with Crippen LogP contribution in [0.25, 0.3) is 0 Å². The fourth-order valence-electron chi connectivity index (χ4n) is 2.24. The van der Waals surface area contributed by atoms with E-state index in [1.807, 2.05) is 50.2 Å². The fourth-order valence-corrected chi connectivity index (χ4v) is 2.76. The molecular weight excluding hydrogens is 310 g/mol. The normalized spacial score (nSPS) is 11.8. The smallest absolute Gasteiger partial charge is 0.323 e. The van der Waals surface area contributed by atoms with E-state index in [1.165, 1.54) is 0 Å². The summed E-state index contributed by atoms with van der Waals surface area (Å²) in [5.74, 6) is 0.552. The molecule has 2 amide bonds. The zero-order valence-electron chi connectivity index (χ0n) is 13.8. The lowest BCUT2D eigenvalue weighted by Crippen LogP contribution is -2.31. The summed E-state index contributed by atoms with van der Waals surface area (Å²) in [6.45, 7) is 4.33. The SMILES string of the molecule is Cc1cc(C)nc(NC(=O)N(C)Cc2ccc([S@@](C)=O)cc2)c1. The van der Waals surface area contributed by atoms with Gasteiger partial charge in [-0.05, 0) is 49.2 Å². The summed E-state index contributed by atoms with van der Waals surface area (Å²) in [4.78, 5) is 18.9. The first-order valence-corrected chi connectivity index (χ1v) is 8.81. The molecule has 1 aromatic carbocycles. The summed E-state index contributed by atoms with van der Waals surface area (Å²) in [6.07, 6.45) is 1.64. The van der Waals surface area contributed by atoms with E-state index in [0.717, 1.165) is 21.7 Å². The molecule has 0 aliphatic rings. The van der Waals surface area contributed by atoms with Crippen molar-refractivity contribution in [2.24, 2.45) is 0 Å². The van der Waals surface area contributed by atoms with E-state index in [4.69, 9.17) is 0 Å². The molecule has 2 aromatic rings. The number of hydrogen-bond acceptors (Lipinski definition) is 3. The third-order valence-corrected chi connectivity index (χ3v) is 4.29. The number of carbonyl (C=O) groups excluding carboxylic acids is 1. The number of carbonyl (C=O) groups is 1. The van der Waals surface area contributed by atoms with Crippen LogP contribution >= 0.6 is 0 Å². The average molecular weight is 331 g/mol. The molecule has 2 rings (SSSR count). The molecule has 0 bridgehead atoms. The molecule has 5 nitrogen and oxygen atoms in total. The van der Waals surface area contributed by atoms with Gasteiger partial charge in [-0.3, -0.25) is 9.53 Å². The van der Waals surface area contributed by atoms with E-state index in [9.17, 15) is 9.00 Å². The monoisotopic (exact) mass is 331 g/mol. The second-order valence-corrected chi connectivity index (χ2v) is 6.94. The predicted molar refractivity (Wildman–Crippen MR) is 93.0 cm³/mol. The van der Waals surface area contributed by atoms with Gasteiger partial charge in [0.1, 0.15) is 5.82 Å². The Balaban J connectivity index is 2.00. The highest BCUT2D eigenvalue weighted by Gasteiger charge is 2.11. The van der Waals surface area contributed by atoms with Crippen LogP contribution in [-0.4, -0.2) is 33.4 Å². The van der Waals surface area contributed by atoms with Gasteiger partial charge in [0.2, 0.25) is 0 Å². The summed E-state index contributed by atoms with van der Waals surface area (Å²) in [5, 5.41) is 2.80. The van der Waals surface area contributed by atoms with Gasteiger partial charge >= 0.3 is 6.03 Å². The van der Waals surface area contributed by atoms with Crippen LogP contribution in [0.15, 0.2) is 41.3 Å². The summed E-state index contributed by atoms with van der Waals surface area (Å²) in [7, 11) is 0.735. The molecule has 23 heavy (non-hydrogen) atoms. The highest BCUT2D eigenvalue weighted by Crippen LogP contribution is 2.12. The minimum atomic E-state index is -0.991. The van der Waals surface area contributed by atoms with Crippen molar-refractivity contribution in [2.45, 2.75) is 25.3 Å². The van der Waals surface area contributed by atoms with Crippen LogP contribution < -0.4 is 5.32 Å². The lowest BCUT2D eigenvalue weighted by atomic mass is 10.2. The van der Waals surface area contributed by atoms with Crippen molar-refractivity contribution in [1.82, 2.24) is 9.88 Å². The first-order valence-electron chi connectivity index (χ1n) is 7.25. The molecule has 0 radical (unpaired) electrons. The molecule has 6 heteroatoms. The van der Waals surface area contributed by atoms with Gasteiger partial charge in [-0.15, -0.1) is 0 Å². The zero-order valence-corrected chi connectivity index (χ0v) is 14.6. The van der Waals surface area contributed by atoms with Crippen LogP contribution in [0.4, 0.5) is 10.6 Å². The van der Waals surface area contributed by atoms with E-state index in [0.29, 0.717) is 12.4 Å². The molecule has 0 spiro atoms. The third kappa shape index (κ3) is 4.89. The molecule has 0 saturated carbocycles. The number of aromatic nitrogens is 1. The van der Waals surface area contributed by atoms with Crippen molar-refractivity contribution < 1.29 is 9.00 Å². The van der Waals surface area contributed by atoms with Crippen molar-refractivity contribution in [3.8, 4) is 0 Å². The van der Waals surface area contributed by atoms with Crippen molar-refractivity contribution in [3.63, 3.8) is 0 Å². The van der Waals surface area contributed by atoms with Gasteiger partial charge < -0.3 is 4.90 Å². The average Bonchev–Trinajstić information content (AvgIpc) is 2.46. The molecule has 1 N–H and O–H groups in total. The molecule has 0 fully saturated rings. The number of anilines is 1. The van der Waals surface area contributed by atoms with E-state index in [1.54, 1.807) is 18.2 Å². The Morgan fingerprint density at radius 3 is 2.43 bits per heavy atom. The minimum Gasteiger partial charge on any atom is -0.323 e. The highest BCUT2D eigenvalue weighted by atomic mass is 32.2. The Kier molecular flexibility index (Phi) is 5.50. The van der Waals surface area contributed by atoms with E-state index < -0.39 is 10.8 Å². The Morgan fingerprint density at radius 1 is 1.22 bits per heavy atom. The lowest BCUT2D eigenvalue weighted by Gasteiger charge is -2.18. The van der Waals surface area contributed by atoms with Gasteiger partial charge in [-0.2, -0.15) is 0 Å². The van der Waals surface area contributed by atoms with Crippen molar-refractivity contribution in [3.05, 3.63) is 53.2 Å². The maximum Gasteiger partial charge on any atom is 0.323 e. The number of nitrogens with one attached hydrogen (secondary N) is 1. The van der Waals surface area contributed by atoms with E-state index >= 15 is 0 Å². The number of urea groups is 1. The second kappa shape index (κ2) is 7.37. The van der Waals surface area contributed by atoms with Crippen LogP contribution in [0.1, 0.15) is 16.8 Å². The molecule has 0 saturated heterocycles. The molecule has 122 valence electrons. The topological polar surface area (TPSA) is 62.3 Å². The fraction of sp³-hybridized carbons (Fsp3) is 0.294. The third-order valence-electron chi connectivity index (χ3n) is 3.35. The van der Waals surface area contributed by atoms with Gasteiger partial charge in [0.05, 0.1) is 0 Å². The number of amides is 2. The minimum absolute atomic E-state index is 0.217. The molecule has 0 aliphatic heterocycles. The van der Waals surface area contributed by atoms with Crippen LogP contribution in [0.2, 0.25) is 0 Å². The summed E-state index contributed by atoms with van der Waals surface area (Å²) >= 11 is 0. The molecule has 0 aliphatic carbocycles. The number of pyridine rings is 1. The van der Waals surface area contributed by atoms with Crippen LogP contribution in [-0.2, 0) is 17.3 Å². The Labute approximate surface area is 139 Å². The predicted octanol–water partition coefficient (Wildman–Crippen LogP) is 3.10. The van der Waals surface area contributed by atoms with Gasteiger partial charge in [0, 0.05) is 41.2 Å². The Morgan fingerprint density at radius 2 is 1.87 bits per heavy atom. The van der Waals surface area contributed by atoms with E-state index in [-0.39, 0.29) is 6.03 Å². The Hall–Kier alpha value is -2.21. The number of rotatable bonds is 4. The quantitative estimate of drug-likeness (QED) is 0.936. The van der Waals surface area contributed by atoms with Crippen molar-refractivity contribution in [1.29, 1.82) is 0 Å². The number of nitrogens with zero attached hydrogens (tertiary/aromatic N) is 2. The van der Waals surface area contributed by atoms with Crippen LogP contribution in [0.3, 0.4) is 0 Å². The van der Waals surface area contributed by atoms with Crippen molar-refractivity contribution >= 4 is 22.6 Å². The Bertz CT molecular complexity index is 709. The van der Waals surface area contributed by atoms with Crippen molar-refractivity contribution in [2.75, 3.05) is 18.6 Å². The van der Waals surface area contributed by atoms with Gasteiger partial charge in [0.25, 0.3) is 0 Å². The standard InChI is InChI=1S/C17H21N3O2S/c1-12-9-13(2)18-16(10-12)19-17(21)20(3)11-14-5-7-15(8-6-14)23(4)22/h5-10H,11H2,1-4H3,(H,18,19,21)/t23-/m1/s1. The summed E-state index contributed by atoms with van der Waals surface area (Å²) < 4.78 is 11.4. The largest absolute Gasteiger partial charge is 0.323 e. The maximum atomic E-state index is 12.2. The number of hydrogen-bond donors (Lipinski definition) is 1. The summed E-state index contributed by atoms with van der Waals surface area (Å²) in [6, 6.07) is 11.0. The van der Waals surface area contributed by atoms with Gasteiger partial charge in [0.15, 0.2) is 0 Å². The molecular formula is C17H21N3O2S. The van der Waals surface area contributed by atoms with Crippen LogP contribution in [0.5, 0.6) is 0 Å². The number of benzene rings is 1. The second-order valence-electron chi connectivity index (χ2n) is 5.56. The summed E-state index contributed by atoms with van der Waals surface area (Å²) in [5.41, 5.74) is 2.90. The van der Waals surface area contributed by atoms with Gasteiger partial charge in [-0.1, -0.05) is 12.1 Å². The van der Waals surface area contributed by atoms with Crippen LogP contribution in [0, 0.1) is 13.8 Å². The molecule has 0 unspecified atom stereocenters. The lowest BCUT2D eigenvalue weighted by molar-refractivity contribution is 0.220. The maximum absolute atomic E-state index is 12.2. The first-order chi connectivity index (χ1) is 10.8. The highest BCUT2D eigenvalue weighted by molar-refractivity contribution is 7.84. The van der Waals surface area contributed by atoms with Gasteiger partial charge in [-0.25, -0.2) is 9.78 Å².